The predicted molar refractivity (Wildman–Crippen MR) is 59.3 cm³/mol. The normalized spacial score (nSPS) is 13.9. The Morgan fingerprint density at radius 2 is 1.71 bits per heavy atom. The summed E-state index contributed by atoms with van der Waals surface area (Å²) in [6, 6.07) is 0. The van der Waals surface area contributed by atoms with Gasteiger partial charge in [0.05, 0.1) is 19.3 Å². The smallest absolute Gasteiger partial charge is 0.0721 e. The minimum absolute atomic E-state index is 0.164. The molecule has 0 aromatic carbocycles. The second kappa shape index (κ2) is 8.21. The standard InChI is InChI=1S/C11H25NO2/c1-9(2)8-13-5-6-14-11(7-12)10(3)4/h9-11H,5-8,12H2,1-4H3. The fourth-order valence-corrected chi connectivity index (χ4v) is 1.11. The molecule has 0 radical (unpaired) electrons. The maximum Gasteiger partial charge on any atom is 0.0721 e. The third kappa shape index (κ3) is 7.30. The van der Waals surface area contributed by atoms with Crippen LogP contribution in [0.25, 0.3) is 0 Å². The summed E-state index contributed by atoms with van der Waals surface area (Å²) in [4.78, 5) is 0. The summed E-state index contributed by atoms with van der Waals surface area (Å²) in [6.07, 6.45) is 0.164. The molecule has 3 heteroatoms. The van der Waals surface area contributed by atoms with Crippen molar-refractivity contribution in [3.05, 3.63) is 0 Å². The van der Waals surface area contributed by atoms with Gasteiger partial charge < -0.3 is 15.2 Å². The maximum absolute atomic E-state index is 5.58. The van der Waals surface area contributed by atoms with Gasteiger partial charge in [-0.15, -0.1) is 0 Å². The fraction of sp³-hybridized carbons (Fsp3) is 1.00. The lowest BCUT2D eigenvalue weighted by Gasteiger charge is -2.19. The van der Waals surface area contributed by atoms with Crippen LogP contribution in [0, 0.1) is 11.8 Å². The summed E-state index contributed by atoms with van der Waals surface area (Å²) in [7, 11) is 0. The van der Waals surface area contributed by atoms with Gasteiger partial charge in [-0.2, -0.15) is 0 Å². The van der Waals surface area contributed by atoms with Crippen molar-refractivity contribution in [2.45, 2.75) is 33.8 Å². The third-order valence-electron chi connectivity index (χ3n) is 1.99. The van der Waals surface area contributed by atoms with Crippen LogP contribution in [-0.2, 0) is 9.47 Å². The van der Waals surface area contributed by atoms with Gasteiger partial charge in [0, 0.05) is 13.2 Å². The first-order chi connectivity index (χ1) is 6.57. The number of nitrogens with two attached hydrogens (primary N) is 1. The van der Waals surface area contributed by atoms with Crippen LogP contribution >= 0.6 is 0 Å². The van der Waals surface area contributed by atoms with Crippen LogP contribution in [0.2, 0.25) is 0 Å². The van der Waals surface area contributed by atoms with E-state index in [9.17, 15) is 0 Å². The highest BCUT2D eigenvalue weighted by Gasteiger charge is 2.10. The second-order valence-electron chi connectivity index (χ2n) is 4.36. The Kier molecular flexibility index (Phi) is 8.14. The molecular formula is C11H25NO2. The lowest BCUT2D eigenvalue weighted by Crippen LogP contribution is -2.30. The van der Waals surface area contributed by atoms with Crippen molar-refractivity contribution in [3.63, 3.8) is 0 Å². The van der Waals surface area contributed by atoms with Gasteiger partial charge in [0.15, 0.2) is 0 Å². The molecule has 0 saturated carbocycles. The minimum Gasteiger partial charge on any atom is -0.379 e. The van der Waals surface area contributed by atoms with Crippen LogP contribution in [0.3, 0.4) is 0 Å². The summed E-state index contributed by atoms with van der Waals surface area (Å²) >= 11 is 0. The van der Waals surface area contributed by atoms with Crippen LogP contribution in [0.15, 0.2) is 0 Å². The zero-order valence-electron chi connectivity index (χ0n) is 9.95. The topological polar surface area (TPSA) is 44.5 Å². The molecule has 14 heavy (non-hydrogen) atoms. The molecule has 0 bridgehead atoms. The van der Waals surface area contributed by atoms with Gasteiger partial charge in [0.2, 0.25) is 0 Å². The SMILES string of the molecule is CC(C)COCCOC(CN)C(C)C. The molecule has 0 aromatic heterocycles. The Morgan fingerprint density at radius 1 is 1.07 bits per heavy atom. The van der Waals surface area contributed by atoms with Crippen LogP contribution in [0.1, 0.15) is 27.7 Å². The molecule has 1 atom stereocenters. The Labute approximate surface area is 88.0 Å². The first-order valence-electron chi connectivity index (χ1n) is 5.47. The van der Waals surface area contributed by atoms with E-state index in [4.69, 9.17) is 15.2 Å². The molecule has 0 saturated heterocycles. The largest absolute Gasteiger partial charge is 0.379 e. The molecule has 3 nitrogen and oxygen atoms in total. The van der Waals surface area contributed by atoms with E-state index in [0.717, 1.165) is 6.61 Å². The minimum atomic E-state index is 0.164. The van der Waals surface area contributed by atoms with E-state index in [2.05, 4.69) is 27.7 Å². The van der Waals surface area contributed by atoms with Gasteiger partial charge in [-0.25, -0.2) is 0 Å². The van der Waals surface area contributed by atoms with Gasteiger partial charge >= 0.3 is 0 Å². The van der Waals surface area contributed by atoms with Crippen LogP contribution in [0.4, 0.5) is 0 Å². The lowest BCUT2D eigenvalue weighted by atomic mass is 10.1. The molecule has 0 aromatic rings. The highest BCUT2D eigenvalue weighted by Crippen LogP contribution is 2.04. The van der Waals surface area contributed by atoms with E-state index in [1.165, 1.54) is 0 Å². The molecular weight excluding hydrogens is 178 g/mol. The Hall–Kier alpha value is -0.120. The summed E-state index contributed by atoms with van der Waals surface area (Å²) in [5, 5.41) is 0. The van der Waals surface area contributed by atoms with Crippen molar-refractivity contribution >= 4 is 0 Å². The number of hydrogen-bond acceptors (Lipinski definition) is 3. The van der Waals surface area contributed by atoms with Crippen molar-refractivity contribution in [3.8, 4) is 0 Å². The van der Waals surface area contributed by atoms with Gasteiger partial charge in [0.1, 0.15) is 0 Å². The lowest BCUT2D eigenvalue weighted by molar-refractivity contribution is -0.0146. The van der Waals surface area contributed by atoms with Crippen molar-refractivity contribution in [2.75, 3.05) is 26.4 Å². The molecule has 1 unspecified atom stereocenters. The zero-order chi connectivity index (χ0) is 11.0. The third-order valence-corrected chi connectivity index (χ3v) is 1.99. The van der Waals surface area contributed by atoms with Crippen molar-refractivity contribution < 1.29 is 9.47 Å². The zero-order valence-corrected chi connectivity index (χ0v) is 9.95. The van der Waals surface area contributed by atoms with E-state index >= 15 is 0 Å². The van der Waals surface area contributed by atoms with Crippen LogP contribution < -0.4 is 5.73 Å². The highest BCUT2D eigenvalue weighted by molar-refractivity contribution is 4.62. The molecule has 0 fully saturated rings. The molecule has 0 aliphatic heterocycles. The van der Waals surface area contributed by atoms with Gasteiger partial charge in [-0.1, -0.05) is 27.7 Å². The van der Waals surface area contributed by atoms with E-state index in [1.54, 1.807) is 0 Å². The quantitative estimate of drug-likeness (QED) is 0.610. The summed E-state index contributed by atoms with van der Waals surface area (Å²) in [5.74, 6) is 1.07. The Morgan fingerprint density at radius 3 is 2.14 bits per heavy atom. The molecule has 0 aliphatic carbocycles. The number of ether oxygens (including phenoxy) is 2. The van der Waals surface area contributed by atoms with E-state index in [1.807, 2.05) is 0 Å². The molecule has 0 heterocycles. The highest BCUT2D eigenvalue weighted by atomic mass is 16.5. The van der Waals surface area contributed by atoms with E-state index in [0.29, 0.717) is 31.6 Å². The number of rotatable bonds is 8. The summed E-state index contributed by atoms with van der Waals surface area (Å²) in [6.45, 7) is 11.2. The predicted octanol–water partition coefficient (Wildman–Crippen LogP) is 1.66. The van der Waals surface area contributed by atoms with Gasteiger partial charge in [0.25, 0.3) is 0 Å². The average molecular weight is 203 g/mol. The van der Waals surface area contributed by atoms with Crippen LogP contribution in [-0.4, -0.2) is 32.5 Å². The van der Waals surface area contributed by atoms with Crippen molar-refractivity contribution in [1.29, 1.82) is 0 Å². The summed E-state index contributed by atoms with van der Waals surface area (Å²) in [5.41, 5.74) is 5.57. The van der Waals surface area contributed by atoms with E-state index in [-0.39, 0.29) is 6.10 Å². The number of hydrogen-bond donors (Lipinski definition) is 1. The Bertz CT molecular complexity index is 126. The molecule has 0 rings (SSSR count). The molecule has 2 N–H and O–H groups in total. The monoisotopic (exact) mass is 203 g/mol. The van der Waals surface area contributed by atoms with Gasteiger partial charge in [-0.3, -0.25) is 0 Å². The maximum atomic E-state index is 5.58. The second-order valence-corrected chi connectivity index (χ2v) is 4.36. The summed E-state index contributed by atoms with van der Waals surface area (Å²) < 4.78 is 11.0. The van der Waals surface area contributed by atoms with Crippen LogP contribution in [0.5, 0.6) is 0 Å². The average Bonchev–Trinajstić information content (AvgIpc) is 2.10. The van der Waals surface area contributed by atoms with E-state index < -0.39 is 0 Å². The first-order valence-corrected chi connectivity index (χ1v) is 5.47. The van der Waals surface area contributed by atoms with Gasteiger partial charge in [-0.05, 0) is 11.8 Å². The molecule has 0 spiro atoms. The Balaban J connectivity index is 3.33. The molecule has 0 aliphatic rings. The fourth-order valence-electron chi connectivity index (χ4n) is 1.11. The van der Waals surface area contributed by atoms with Crippen molar-refractivity contribution in [1.82, 2.24) is 0 Å². The first kappa shape index (κ1) is 13.9. The van der Waals surface area contributed by atoms with Crippen molar-refractivity contribution in [2.24, 2.45) is 17.6 Å². The molecule has 86 valence electrons. The molecule has 0 amide bonds.